The van der Waals surface area contributed by atoms with Crippen LogP contribution in [0.15, 0.2) is 79.5 Å². The molecule has 0 amide bonds. The number of pyridine rings is 1. The molecule has 4 aromatic heterocycles. The molecule has 0 fully saturated rings. The third-order valence-corrected chi connectivity index (χ3v) is 6.28. The zero-order valence-corrected chi connectivity index (χ0v) is 29.1. The van der Waals surface area contributed by atoms with E-state index in [2.05, 4.69) is 40.0 Å². The van der Waals surface area contributed by atoms with Crippen molar-refractivity contribution in [2.75, 3.05) is 28.4 Å². The Balaban J connectivity index is 0.000000193. The predicted molar refractivity (Wildman–Crippen MR) is 161 cm³/mol. The Kier molecular flexibility index (Phi) is 13.3. The molecule has 0 atom stereocenters. The summed E-state index contributed by atoms with van der Waals surface area (Å²) in [5, 5.41) is 6.47. The van der Waals surface area contributed by atoms with E-state index in [9.17, 15) is 13.2 Å². The molecule has 0 aliphatic carbocycles. The van der Waals surface area contributed by atoms with Crippen molar-refractivity contribution in [2.45, 2.75) is 6.18 Å². The molecule has 0 bridgehead atoms. The maximum Gasteiger partial charge on any atom is 0.431 e. The van der Waals surface area contributed by atoms with Gasteiger partial charge in [0.25, 0.3) is 0 Å². The van der Waals surface area contributed by atoms with Crippen LogP contribution in [0.4, 0.5) is 13.2 Å². The largest absolute Gasteiger partial charge is 0.573 e. The molecule has 48 heavy (non-hydrogen) atoms. The van der Waals surface area contributed by atoms with E-state index < -0.39 is 11.9 Å². The van der Waals surface area contributed by atoms with E-state index in [0.717, 1.165) is 28.9 Å². The van der Waals surface area contributed by atoms with Crippen LogP contribution in [0.5, 0.6) is 23.0 Å². The van der Waals surface area contributed by atoms with Gasteiger partial charge in [0.2, 0.25) is 12.7 Å². The van der Waals surface area contributed by atoms with Gasteiger partial charge in [0, 0.05) is 79.8 Å². The molecular weight excluding hydrogens is 808 g/mol. The number of alkyl halides is 3. The van der Waals surface area contributed by atoms with Crippen LogP contribution in [0.1, 0.15) is 5.69 Å². The maximum atomic E-state index is 12.2. The van der Waals surface area contributed by atoms with Gasteiger partial charge < -0.3 is 47.4 Å². The second-order valence-corrected chi connectivity index (χ2v) is 9.50. The number of rotatable bonds is 7. The van der Waals surface area contributed by atoms with Crippen molar-refractivity contribution in [3.05, 3.63) is 110 Å². The minimum Gasteiger partial charge on any atom is -0.573 e. The van der Waals surface area contributed by atoms with Crippen molar-refractivity contribution in [3.63, 3.8) is 0 Å². The van der Waals surface area contributed by atoms with Crippen molar-refractivity contribution in [3.8, 4) is 45.8 Å². The van der Waals surface area contributed by atoms with Crippen molar-refractivity contribution >= 4 is 0 Å². The monoisotopic (exact) mass is 839 g/mol. The van der Waals surface area contributed by atoms with Gasteiger partial charge in [-0.2, -0.15) is 25.3 Å². The molecule has 2 aromatic carbocycles. The molecule has 11 nitrogen and oxygen atoms in total. The van der Waals surface area contributed by atoms with Crippen LogP contribution >= 0.6 is 0 Å². The van der Waals surface area contributed by atoms with Crippen molar-refractivity contribution in [1.82, 2.24) is 24.3 Å². The molecule has 0 unspecified atom stereocenters. The molecule has 0 N–H and O–H groups in total. The van der Waals surface area contributed by atoms with Crippen LogP contribution in [-0.4, -0.2) is 47.7 Å². The predicted octanol–water partition coefficient (Wildman–Crippen LogP) is 3.96. The van der Waals surface area contributed by atoms with E-state index in [1.165, 1.54) is 6.20 Å². The molecule has 0 spiro atoms. The van der Waals surface area contributed by atoms with Crippen LogP contribution in [0, 0.1) is 24.8 Å². The van der Waals surface area contributed by atoms with E-state index in [-0.39, 0.29) is 25.8 Å². The van der Waals surface area contributed by atoms with E-state index >= 15 is 0 Å². The number of imidazole rings is 2. The molecule has 255 valence electrons. The SMILES string of the molecule is COc1c[c-]c(-n2[c-][n+](C)cc2)c(OC)c1.COc1c[c-]c(-n2[c-][n+](C)cc2)c(OC)c1.FC(F)(F)c1cc(-c2ccccn2)[n-]n1.[Ir]. The third kappa shape index (κ3) is 9.69. The smallest absolute Gasteiger partial charge is 0.431 e. The van der Waals surface area contributed by atoms with Gasteiger partial charge in [0.05, 0.1) is 42.5 Å². The number of aromatic nitrogens is 7. The average molecular weight is 839 g/mol. The first-order valence-electron chi connectivity index (χ1n) is 13.8. The Hall–Kier alpha value is -5.14. The van der Waals surface area contributed by atoms with Gasteiger partial charge in [-0.3, -0.25) is 4.98 Å². The number of hydrogen-bond acceptors (Lipinski definition) is 6. The molecule has 6 rings (SSSR count). The van der Waals surface area contributed by atoms with Gasteiger partial charge in [-0.25, -0.2) is 0 Å². The minimum atomic E-state index is -4.46. The summed E-state index contributed by atoms with van der Waals surface area (Å²) in [6.07, 6.45) is 10.8. The zero-order valence-electron chi connectivity index (χ0n) is 26.7. The van der Waals surface area contributed by atoms with Gasteiger partial charge in [-0.05, 0) is 29.6 Å². The fraction of sp³-hybridized carbons (Fsp3) is 0.212. The molecule has 6 aromatic rings. The first-order chi connectivity index (χ1) is 22.6. The standard InChI is InChI=1S/2C12H13N2O2.C9H5F3N3.Ir/c2*1-13-6-7-14(9-13)11-5-4-10(15-2)8-12(11)16-3;10-9(11,12)8-5-7(14-15-8)6-3-1-2-4-13-6;/h2*4,6-8H,1-3H3;1-5H;/q3*-1;. The van der Waals surface area contributed by atoms with Crippen LogP contribution < -0.4 is 33.2 Å². The fourth-order valence-electron chi connectivity index (χ4n) is 3.95. The fourth-order valence-corrected chi connectivity index (χ4v) is 3.95. The number of aryl methyl sites for hydroxylation is 2. The summed E-state index contributed by atoms with van der Waals surface area (Å²) in [4.78, 5) is 3.87. The quantitative estimate of drug-likeness (QED) is 0.178. The van der Waals surface area contributed by atoms with E-state index in [1.54, 1.807) is 58.8 Å². The van der Waals surface area contributed by atoms with Crippen LogP contribution in [-0.2, 0) is 40.4 Å². The molecule has 0 saturated heterocycles. The molecular formula is C33H31F3IrN7O4-3. The molecule has 15 heteroatoms. The summed E-state index contributed by atoms with van der Waals surface area (Å²) in [6.45, 7) is 0. The minimum absolute atomic E-state index is 0. The Morgan fingerprint density at radius 1 is 0.771 bits per heavy atom. The Morgan fingerprint density at radius 3 is 1.65 bits per heavy atom. The van der Waals surface area contributed by atoms with Crippen molar-refractivity contribution in [1.29, 1.82) is 0 Å². The Bertz CT molecular complexity index is 1780. The normalized spacial score (nSPS) is 10.4. The first kappa shape index (κ1) is 37.3. The molecule has 1 radical (unpaired) electrons. The van der Waals surface area contributed by atoms with E-state index in [0.29, 0.717) is 17.2 Å². The average Bonchev–Trinajstić information content (AvgIpc) is 3.86. The van der Waals surface area contributed by atoms with E-state index in [1.807, 2.05) is 69.3 Å². The first-order valence-corrected chi connectivity index (χ1v) is 13.8. The van der Waals surface area contributed by atoms with Gasteiger partial charge in [-0.15, -0.1) is 12.1 Å². The summed E-state index contributed by atoms with van der Waals surface area (Å²) in [7, 11) is 10.3. The van der Waals surface area contributed by atoms with Gasteiger partial charge in [0.15, 0.2) is 0 Å². The number of ether oxygens (including phenoxy) is 4. The van der Waals surface area contributed by atoms with Gasteiger partial charge in [0.1, 0.15) is 5.69 Å². The molecule has 4 heterocycles. The van der Waals surface area contributed by atoms with Gasteiger partial charge in [-0.1, -0.05) is 23.9 Å². The van der Waals surface area contributed by atoms with E-state index in [4.69, 9.17) is 18.9 Å². The number of benzene rings is 2. The van der Waals surface area contributed by atoms with Crippen molar-refractivity contribution < 1.29 is 61.4 Å². The summed E-state index contributed by atoms with van der Waals surface area (Å²) < 4.78 is 64.7. The Morgan fingerprint density at radius 2 is 1.29 bits per heavy atom. The number of methoxy groups -OCH3 is 4. The van der Waals surface area contributed by atoms with Crippen molar-refractivity contribution in [2.24, 2.45) is 14.1 Å². The molecule has 0 aliphatic heterocycles. The third-order valence-electron chi connectivity index (χ3n) is 6.28. The maximum absolute atomic E-state index is 12.2. The number of halogens is 3. The number of nitrogens with zero attached hydrogens (tertiary/aromatic N) is 7. The summed E-state index contributed by atoms with van der Waals surface area (Å²) in [5.74, 6) is 2.84. The van der Waals surface area contributed by atoms with Crippen LogP contribution in [0.25, 0.3) is 22.8 Å². The summed E-state index contributed by atoms with van der Waals surface area (Å²) >= 11 is 0. The van der Waals surface area contributed by atoms with Crippen LogP contribution in [0.2, 0.25) is 0 Å². The second-order valence-electron chi connectivity index (χ2n) is 9.50. The summed E-state index contributed by atoms with van der Waals surface area (Å²) in [5.41, 5.74) is 1.12. The second kappa shape index (κ2) is 17.1. The topological polar surface area (TPSA) is 94.4 Å². The van der Waals surface area contributed by atoms with Crippen LogP contribution in [0.3, 0.4) is 0 Å². The zero-order chi connectivity index (χ0) is 34.0. The van der Waals surface area contributed by atoms with Gasteiger partial charge >= 0.3 is 6.18 Å². The molecule has 0 aliphatic rings. The summed E-state index contributed by atoms with van der Waals surface area (Å²) in [6, 6.07) is 19.2. The number of hydrogen-bond donors (Lipinski definition) is 0. The molecule has 0 saturated carbocycles. The Labute approximate surface area is 289 Å².